The number of hydrogen-bond acceptors (Lipinski definition) is 2. The van der Waals surface area contributed by atoms with Gasteiger partial charge in [-0.15, -0.1) is 0 Å². The second-order valence-electron chi connectivity index (χ2n) is 3.84. The van der Waals surface area contributed by atoms with E-state index in [9.17, 15) is 4.79 Å². The van der Waals surface area contributed by atoms with Gasteiger partial charge in [0.05, 0.1) is 5.02 Å². The molecule has 1 aromatic carbocycles. The Bertz CT molecular complexity index is 368. The third-order valence-electron chi connectivity index (χ3n) is 2.34. The Balaban J connectivity index is 2.46. The summed E-state index contributed by atoms with van der Waals surface area (Å²) >= 11 is 5.94. The maximum Gasteiger partial charge on any atom is 0.260 e. The summed E-state index contributed by atoms with van der Waals surface area (Å²) in [6.45, 7) is 4.48. The maximum absolute atomic E-state index is 11.7. The van der Waals surface area contributed by atoms with Crippen LogP contribution in [-0.2, 0) is 4.79 Å². The molecule has 1 amide bonds. The first-order chi connectivity index (χ1) is 8.15. The minimum atomic E-state index is -0.535. The fourth-order valence-electron chi connectivity index (χ4n) is 1.32. The van der Waals surface area contributed by atoms with Gasteiger partial charge in [-0.25, -0.2) is 0 Å². The van der Waals surface area contributed by atoms with Crippen molar-refractivity contribution in [3.05, 3.63) is 29.3 Å². The summed E-state index contributed by atoms with van der Waals surface area (Å²) in [6.07, 6.45) is 1.50. The van der Waals surface area contributed by atoms with Crippen LogP contribution in [0.3, 0.4) is 0 Å². The Morgan fingerprint density at radius 2 is 2.18 bits per heavy atom. The molecule has 0 spiro atoms. The molecule has 0 aliphatic rings. The Hall–Kier alpha value is -1.22. The summed E-state index contributed by atoms with van der Waals surface area (Å²) in [5.41, 5.74) is 0. The second-order valence-corrected chi connectivity index (χ2v) is 4.24. The largest absolute Gasteiger partial charge is 0.479 e. The number of benzene rings is 1. The summed E-state index contributed by atoms with van der Waals surface area (Å²) in [6, 6.07) is 7.13. The monoisotopic (exact) mass is 255 g/mol. The van der Waals surface area contributed by atoms with Crippen LogP contribution in [0.2, 0.25) is 5.02 Å². The van der Waals surface area contributed by atoms with Crippen molar-refractivity contribution >= 4 is 17.5 Å². The molecule has 3 nitrogen and oxygen atoms in total. The molecule has 4 heteroatoms. The summed E-state index contributed by atoms with van der Waals surface area (Å²) in [4.78, 5) is 11.7. The number of carbonyl (C=O) groups is 1. The van der Waals surface area contributed by atoms with Crippen LogP contribution < -0.4 is 10.1 Å². The zero-order chi connectivity index (χ0) is 12.7. The van der Waals surface area contributed by atoms with Crippen LogP contribution in [0, 0.1) is 0 Å². The second kappa shape index (κ2) is 7.17. The molecule has 0 aliphatic carbocycles. The van der Waals surface area contributed by atoms with Gasteiger partial charge in [0.1, 0.15) is 5.75 Å². The van der Waals surface area contributed by atoms with Crippen LogP contribution in [-0.4, -0.2) is 18.6 Å². The Morgan fingerprint density at radius 3 is 2.82 bits per heavy atom. The Labute approximate surface area is 107 Å². The van der Waals surface area contributed by atoms with Crippen molar-refractivity contribution in [2.45, 2.75) is 32.8 Å². The van der Waals surface area contributed by atoms with Gasteiger partial charge in [0.2, 0.25) is 0 Å². The van der Waals surface area contributed by atoms with Crippen LogP contribution in [0.5, 0.6) is 5.75 Å². The highest BCUT2D eigenvalue weighted by Crippen LogP contribution is 2.24. The number of unbranched alkanes of at least 4 members (excludes halogenated alkanes) is 1. The number of rotatable bonds is 6. The van der Waals surface area contributed by atoms with Gasteiger partial charge in [-0.05, 0) is 25.5 Å². The molecule has 1 atom stereocenters. The molecular formula is C13H18ClNO2. The van der Waals surface area contributed by atoms with Crippen LogP contribution in [0.25, 0.3) is 0 Å². The molecule has 1 N–H and O–H groups in total. The minimum absolute atomic E-state index is 0.113. The van der Waals surface area contributed by atoms with E-state index >= 15 is 0 Å². The predicted molar refractivity (Wildman–Crippen MR) is 69.5 cm³/mol. The summed E-state index contributed by atoms with van der Waals surface area (Å²) < 4.78 is 5.49. The van der Waals surface area contributed by atoms with Gasteiger partial charge < -0.3 is 10.1 Å². The fraction of sp³-hybridized carbons (Fsp3) is 0.462. The van der Waals surface area contributed by atoms with Gasteiger partial charge in [-0.3, -0.25) is 4.79 Å². The van der Waals surface area contributed by atoms with Gasteiger partial charge in [-0.2, -0.15) is 0 Å². The van der Waals surface area contributed by atoms with Gasteiger partial charge in [0.25, 0.3) is 5.91 Å². The molecule has 0 radical (unpaired) electrons. The number of para-hydroxylation sites is 1. The molecule has 1 aromatic rings. The van der Waals surface area contributed by atoms with Crippen molar-refractivity contribution in [3.63, 3.8) is 0 Å². The lowest BCUT2D eigenvalue weighted by atomic mass is 10.3. The van der Waals surface area contributed by atoms with E-state index < -0.39 is 6.10 Å². The molecule has 0 saturated carbocycles. The number of halogens is 1. The molecular weight excluding hydrogens is 238 g/mol. The van der Waals surface area contributed by atoms with Crippen molar-refractivity contribution in [1.82, 2.24) is 5.32 Å². The van der Waals surface area contributed by atoms with Crippen LogP contribution in [0.1, 0.15) is 26.7 Å². The van der Waals surface area contributed by atoms with E-state index in [1.807, 2.05) is 12.1 Å². The molecule has 0 saturated heterocycles. The number of nitrogens with one attached hydrogen (secondary N) is 1. The van der Waals surface area contributed by atoms with Crippen LogP contribution >= 0.6 is 11.6 Å². The molecule has 17 heavy (non-hydrogen) atoms. The topological polar surface area (TPSA) is 38.3 Å². The third kappa shape index (κ3) is 4.65. The Morgan fingerprint density at radius 1 is 1.47 bits per heavy atom. The first-order valence-corrected chi connectivity index (χ1v) is 6.21. The Kier molecular flexibility index (Phi) is 5.84. The molecule has 0 bridgehead atoms. The van der Waals surface area contributed by atoms with E-state index in [-0.39, 0.29) is 5.91 Å². The molecule has 0 heterocycles. The van der Waals surface area contributed by atoms with E-state index in [4.69, 9.17) is 16.3 Å². The standard InChI is InChI=1S/C13H18ClNO2/c1-3-4-9-15-13(16)10(2)17-12-8-6-5-7-11(12)14/h5-8,10H,3-4,9H2,1-2H3,(H,15,16)/t10-/m0/s1. The fourth-order valence-corrected chi connectivity index (χ4v) is 1.50. The highest BCUT2D eigenvalue weighted by atomic mass is 35.5. The predicted octanol–water partition coefficient (Wildman–Crippen LogP) is 3.02. The number of hydrogen-bond donors (Lipinski definition) is 1. The molecule has 1 rings (SSSR count). The van der Waals surface area contributed by atoms with Gasteiger partial charge in [0.15, 0.2) is 6.10 Å². The van der Waals surface area contributed by atoms with E-state index in [0.717, 1.165) is 12.8 Å². The van der Waals surface area contributed by atoms with Crippen molar-refractivity contribution in [2.24, 2.45) is 0 Å². The molecule has 0 unspecified atom stereocenters. The molecule has 94 valence electrons. The highest BCUT2D eigenvalue weighted by Gasteiger charge is 2.14. The van der Waals surface area contributed by atoms with E-state index in [0.29, 0.717) is 17.3 Å². The normalized spacial score (nSPS) is 11.9. The molecule has 0 aromatic heterocycles. The van der Waals surface area contributed by atoms with E-state index in [1.165, 1.54) is 0 Å². The SMILES string of the molecule is CCCCNC(=O)[C@H](C)Oc1ccccc1Cl. The van der Waals surface area contributed by atoms with Crippen molar-refractivity contribution < 1.29 is 9.53 Å². The summed E-state index contributed by atoms with van der Waals surface area (Å²) in [5.74, 6) is 0.422. The average molecular weight is 256 g/mol. The van der Waals surface area contributed by atoms with Crippen LogP contribution in [0.4, 0.5) is 0 Å². The lowest BCUT2D eigenvalue weighted by Crippen LogP contribution is -2.36. The van der Waals surface area contributed by atoms with E-state index in [2.05, 4.69) is 12.2 Å². The lowest BCUT2D eigenvalue weighted by molar-refractivity contribution is -0.127. The smallest absolute Gasteiger partial charge is 0.260 e. The minimum Gasteiger partial charge on any atom is -0.479 e. The third-order valence-corrected chi connectivity index (χ3v) is 2.65. The summed E-state index contributed by atoms with van der Waals surface area (Å²) in [5, 5.41) is 3.33. The molecule has 0 aliphatic heterocycles. The number of ether oxygens (including phenoxy) is 1. The van der Waals surface area contributed by atoms with Crippen LogP contribution in [0.15, 0.2) is 24.3 Å². The maximum atomic E-state index is 11.7. The molecule has 0 fully saturated rings. The van der Waals surface area contributed by atoms with Gasteiger partial charge in [0, 0.05) is 6.54 Å². The number of carbonyl (C=O) groups excluding carboxylic acids is 1. The van der Waals surface area contributed by atoms with Gasteiger partial charge in [-0.1, -0.05) is 37.1 Å². The van der Waals surface area contributed by atoms with Gasteiger partial charge >= 0.3 is 0 Å². The quantitative estimate of drug-likeness (QED) is 0.794. The summed E-state index contributed by atoms with van der Waals surface area (Å²) in [7, 11) is 0. The van der Waals surface area contributed by atoms with Crippen molar-refractivity contribution in [1.29, 1.82) is 0 Å². The zero-order valence-corrected chi connectivity index (χ0v) is 11.0. The number of amides is 1. The van der Waals surface area contributed by atoms with E-state index in [1.54, 1.807) is 19.1 Å². The van der Waals surface area contributed by atoms with Crippen molar-refractivity contribution in [3.8, 4) is 5.75 Å². The first kappa shape index (κ1) is 13.8. The highest BCUT2D eigenvalue weighted by molar-refractivity contribution is 6.32. The average Bonchev–Trinajstić information content (AvgIpc) is 2.32. The first-order valence-electron chi connectivity index (χ1n) is 5.84. The van der Waals surface area contributed by atoms with Crippen molar-refractivity contribution in [2.75, 3.05) is 6.54 Å². The zero-order valence-electron chi connectivity index (χ0n) is 10.2. The lowest BCUT2D eigenvalue weighted by Gasteiger charge is -2.15.